The number of rotatable bonds is 5. The molecular formula is C16H19N3O4S. The number of ether oxygens (including phenoxy) is 2. The van der Waals surface area contributed by atoms with Crippen LogP contribution in [0.25, 0.3) is 0 Å². The Morgan fingerprint density at radius 3 is 2.67 bits per heavy atom. The Morgan fingerprint density at radius 2 is 2.00 bits per heavy atom. The maximum Gasteiger partial charge on any atom is 0.243 e. The summed E-state index contributed by atoms with van der Waals surface area (Å²) in [7, 11) is -2.01. The molecule has 1 aliphatic rings. The minimum Gasteiger partial charge on any atom is -0.497 e. The zero-order valence-corrected chi connectivity index (χ0v) is 14.1. The topological polar surface area (TPSA) is 81.6 Å². The molecule has 1 unspecified atom stereocenters. The molecule has 24 heavy (non-hydrogen) atoms. The predicted octanol–water partition coefficient (Wildman–Crippen LogP) is 1.72. The van der Waals surface area contributed by atoms with E-state index < -0.39 is 10.0 Å². The van der Waals surface area contributed by atoms with Gasteiger partial charge in [0.25, 0.3) is 0 Å². The van der Waals surface area contributed by atoms with Crippen molar-refractivity contribution >= 4 is 10.0 Å². The van der Waals surface area contributed by atoms with Crippen LogP contribution in [0.1, 0.15) is 12.8 Å². The molecule has 3 rings (SSSR count). The number of sulfonamides is 1. The fourth-order valence-electron chi connectivity index (χ4n) is 2.63. The summed E-state index contributed by atoms with van der Waals surface area (Å²) in [4.78, 5) is 8.27. The Kier molecular flexibility index (Phi) is 4.96. The molecule has 0 N–H and O–H groups in total. The Labute approximate surface area is 141 Å². The van der Waals surface area contributed by atoms with E-state index in [-0.39, 0.29) is 11.0 Å². The molecule has 7 nitrogen and oxygen atoms in total. The molecule has 8 heteroatoms. The van der Waals surface area contributed by atoms with Gasteiger partial charge in [0.2, 0.25) is 15.9 Å². The molecule has 1 fully saturated rings. The summed E-state index contributed by atoms with van der Waals surface area (Å²) < 4.78 is 37.9. The molecule has 0 amide bonds. The second-order valence-electron chi connectivity index (χ2n) is 5.46. The largest absolute Gasteiger partial charge is 0.497 e. The highest BCUT2D eigenvalue weighted by atomic mass is 32.2. The maximum atomic E-state index is 12.8. The second kappa shape index (κ2) is 7.14. The molecular weight excluding hydrogens is 330 g/mol. The number of methoxy groups -OCH3 is 1. The van der Waals surface area contributed by atoms with E-state index in [1.807, 2.05) is 0 Å². The maximum absolute atomic E-state index is 12.8. The van der Waals surface area contributed by atoms with Crippen molar-refractivity contribution in [2.75, 3.05) is 20.2 Å². The highest BCUT2D eigenvalue weighted by Crippen LogP contribution is 2.24. The third kappa shape index (κ3) is 3.65. The van der Waals surface area contributed by atoms with Crippen molar-refractivity contribution in [2.24, 2.45) is 0 Å². The Balaban J connectivity index is 1.73. The fourth-order valence-corrected chi connectivity index (χ4v) is 4.14. The van der Waals surface area contributed by atoms with E-state index in [4.69, 9.17) is 9.47 Å². The van der Waals surface area contributed by atoms with E-state index in [9.17, 15) is 8.42 Å². The second-order valence-corrected chi connectivity index (χ2v) is 7.40. The SMILES string of the molecule is COc1ccc(S(=O)(=O)N2CCCC(Oc3cnccn3)C2)cc1. The van der Waals surface area contributed by atoms with Crippen LogP contribution in [0.2, 0.25) is 0 Å². The first kappa shape index (κ1) is 16.7. The van der Waals surface area contributed by atoms with Crippen LogP contribution in [0.5, 0.6) is 11.6 Å². The van der Waals surface area contributed by atoms with Gasteiger partial charge in [-0.25, -0.2) is 13.4 Å². The van der Waals surface area contributed by atoms with Crippen LogP contribution >= 0.6 is 0 Å². The highest BCUT2D eigenvalue weighted by molar-refractivity contribution is 7.89. The number of aromatic nitrogens is 2. The molecule has 1 aromatic heterocycles. The molecule has 1 aliphatic heterocycles. The van der Waals surface area contributed by atoms with Crippen LogP contribution in [-0.4, -0.2) is 49.0 Å². The quantitative estimate of drug-likeness (QED) is 0.817. The number of benzene rings is 1. The van der Waals surface area contributed by atoms with Crippen LogP contribution in [0.4, 0.5) is 0 Å². The molecule has 0 saturated carbocycles. The van der Waals surface area contributed by atoms with E-state index in [1.165, 1.54) is 10.5 Å². The highest BCUT2D eigenvalue weighted by Gasteiger charge is 2.31. The molecule has 1 aromatic carbocycles. The minimum atomic E-state index is -3.55. The van der Waals surface area contributed by atoms with Crippen LogP contribution < -0.4 is 9.47 Å². The van der Waals surface area contributed by atoms with Crippen LogP contribution in [0, 0.1) is 0 Å². The van der Waals surface area contributed by atoms with Crippen molar-refractivity contribution in [3.05, 3.63) is 42.9 Å². The zero-order chi connectivity index (χ0) is 17.0. The lowest BCUT2D eigenvalue weighted by Crippen LogP contribution is -2.44. The molecule has 0 radical (unpaired) electrons. The van der Waals surface area contributed by atoms with E-state index in [2.05, 4.69) is 9.97 Å². The third-order valence-corrected chi connectivity index (χ3v) is 5.74. The van der Waals surface area contributed by atoms with Crippen molar-refractivity contribution < 1.29 is 17.9 Å². The van der Waals surface area contributed by atoms with Gasteiger partial charge in [0.15, 0.2) is 0 Å². The Morgan fingerprint density at radius 1 is 1.21 bits per heavy atom. The van der Waals surface area contributed by atoms with E-state index in [1.54, 1.807) is 43.8 Å². The summed E-state index contributed by atoms with van der Waals surface area (Å²) in [5, 5.41) is 0. The van der Waals surface area contributed by atoms with Crippen LogP contribution in [0.3, 0.4) is 0 Å². The van der Waals surface area contributed by atoms with Crippen molar-refractivity contribution in [1.29, 1.82) is 0 Å². The molecule has 1 atom stereocenters. The first-order chi connectivity index (χ1) is 11.6. The van der Waals surface area contributed by atoms with E-state index >= 15 is 0 Å². The zero-order valence-electron chi connectivity index (χ0n) is 13.3. The van der Waals surface area contributed by atoms with Gasteiger partial charge in [0, 0.05) is 18.9 Å². The van der Waals surface area contributed by atoms with E-state index in [0.717, 1.165) is 12.8 Å². The first-order valence-electron chi connectivity index (χ1n) is 7.66. The van der Waals surface area contributed by atoms with E-state index in [0.29, 0.717) is 24.7 Å². The number of nitrogens with zero attached hydrogens (tertiary/aromatic N) is 3. The number of hydrogen-bond donors (Lipinski definition) is 0. The Hall–Kier alpha value is -2.19. The fraction of sp³-hybridized carbons (Fsp3) is 0.375. The molecule has 128 valence electrons. The minimum absolute atomic E-state index is 0.233. The van der Waals surface area contributed by atoms with Crippen molar-refractivity contribution in [3.8, 4) is 11.6 Å². The van der Waals surface area contributed by atoms with Crippen LogP contribution in [0.15, 0.2) is 47.8 Å². The average molecular weight is 349 g/mol. The van der Waals surface area contributed by atoms with Gasteiger partial charge in [-0.1, -0.05) is 0 Å². The van der Waals surface area contributed by atoms with Gasteiger partial charge in [-0.05, 0) is 37.1 Å². The van der Waals surface area contributed by atoms with Crippen molar-refractivity contribution in [1.82, 2.24) is 14.3 Å². The van der Waals surface area contributed by atoms with Gasteiger partial charge in [-0.3, -0.25) is 4.98 Å². The van der Waals surface area contributed by atoms with Crippen molar-refractivity contribution in [2.45, 2.75) is 23.8 Å². The summed E-state index contributed by atoms with van der Waals surface area (Å²) in [6, 6.07) is 6.40. The summed E-state index contributed by atoms with van der Waals surface area (Å²) in [5.41, 5.74) is 0. The summed E-state index contributed by atoms with van der Waals surface area (Å²) >= 11 is 0. The molecule has 0 aliphatic carbocycles. The normalized spacial score (nSPS) is 19.0. The number of hydrogen-bond acceptors (Lipinski definition) is 6. The monoisotopic (exact) mass is 349 g/mol. The lowest BCUT2D eigenvalue weighted by Gasteiger charge is -2.31. The van der Waals surface area contributed by atoms with Crippen LogP contribution in [-0.2, 0) is 10.0 Å². The summed E-state index contributed by atoms with van der Waals surface area (Å²) in [5.74, 6) is 1.03. The molecule has 2 aromatic rings. The van der Waals surface area contributed by atoms with Gasteiger partial charge < -0.3 is 9.47 Å². The lowest BCUT2D eigenvalue weighted by atomic mass is 10.1. The van der Waals surface area contributed by atoms with Gasteiger partial charge in [-0.15, -0.1) is 0 Å². The van der Waals surface area contributed by atoms with Gasteiger partial charge in [0.1, 0.15) is 11.9 Å². The molecule has 1 saturated heterocycles. The standard InChI is InChI=1S/C16H19N3O4S/c1-22-13-4-6-15(7-5-13)24(20,21)19-10-2-3-14(12-19)23-16-11-17-8-9-18-16/h4-9,11,14H,2-3,10,12H2,1H3. The van der Waals surface area contributed by atoms with Crippen molar-refractivity contribution in [3.63, 3.8) is 0 Å². The average Bonchev–Trinajstić information content (AvgIpc) is 2.63. The predicted molar refractivity (Wildman–Crippen MR) is 87.4 cm³/mol. The molecule has 0 spiro atoms. The Bertz CT molecular complexity index is 766. The molecule has 0 bridgehead atoms. The first-order valence-corrected chi connectivity index (χ1v) is 9.10. The third-order valence-electron chi connectivity index (χ3n) is 3.86. The smallest absolute Gasteiger partial charge is 0.243 e. The van der Waals surface area contributed by atoms with Gasteiger partial charge >= 0.3 is 0 Å². The molecule has 2 heterocycles. The van der Waals surface area contributed by atoms with Gasteiger partial charge in [0.05, 0.1) is 24.7 Å². The number of piperidine rings is 1. The summed E-state index contributed by atoms with van der Waals surface area (Å²) in [6.07, 6.45) is 5.92. The lowest BCUT2D eigenvalue weighted by molar-refractivity contribution is 0.124. The summed E-state index contributed by atoms with van der Waals surface area (Å²) in [6.45, 7) is 0.777. The van der Waals surface area contributed by atoms with Gasteiger partial charge in [-0.2, -0.15) is 4.31 Å².